The number of rotatable bonds is 7. The Morgan fingerprint density at radius 1 is 1.33 bits per heavy atom. The number of carbonyl (C=O) groups excluding carboxylic acids is 1. The molecule has 0 saturated carbocycles. The van der Waals surface area contributed by atoms with Crippen LogP contribution in [-0.4, -0.2) is 48.6 Å². The van der Waals surface area contributed by atoms with Crippen LogP contribution in [0.1, 0.15) is 27.7 Å². The highest BCUT2D eigenvalue weighted by Crippen LogP contribution is 2.04. The summed E-state index contributed by atoms with van der Waals surface area (Å²) in [5, 5.41) is 9.09. The van der Waals surface area contributed by atoms with Gasteiger partial charge >= 0.3 is 0 Å². The second kappa shape index (κ2) is 11.9. The summed E-state index contributed by atoms with van der Waals surface area (Å²) in [6.07, 6.45) is 3.36. The Kier molecular flexibility index (Phi) is 11.1. The average molecular weight is 449 g/mol. The number of hydrogen-bond donors (Lipinski definition) is 3. The summed E-state index contributed by atoms with van der Waals surface area (Å²) in [6, 6.07) is 3.67. The Morgan fingerprint density at radius 3 is 2.67 bits per heavy atom. The summed E-state index contributed by atoms with van der Waals surface area (Å²) in [5.74, 6) is 1.20. The van der Waals surface area contributed by atoms with Crippen LogP contribution >= 0.6 is 24.0 Å². The minimum atomic E-state index is -0.254. The second-order valence-corrected chi connectivity index (χ2v) is 5.96. The van der Waals surface area contributed by atoms with E-state index in [9.17, 15) is 4.79 Å². The highest BCUT2D eigenvalue weighted by atomic mass is 127. The maximum absolute atomic E-state index is 11.8. The van der Waals surface area contributed by atoms with Crippen molar-refractivity contribution in [2.24, 2.45) is 4.99 Å². The predicted molar refractivity (Wildman–Crippen MR) is 107 cm³/mol. The summed E-state index contributed by atoms with van der Waals surface area (Å²) in [4.78, 5) is 20.0. The van der Waals surface area contributed by atoms with Crippen LogP contribution in [0, 0.1) is 0 Å². The standard InChI is InChI=1S/C16H27N5O2.HI/c1-5-18-15(20-12-14(22)21-16(2,3)4)19-9-10-23-13-7-6-8-17-11-13;/h6-8,11H,5,9-10,12H2,1-4H3,(H,21,22)(H2,18,19,20);1H. The maximum atomic E-state index is 11.8. The van der Waals surface area contributed by atoms with Gasteiger partial charge in [-0.3, -0.25) is 9.78 Å². The molecule has 1 heterocycles. The van der Waals surface area contributed by atoms with Crippen LogP contribution in [0.15, 0.2) is 29.5 Å². The second-order valence-electron chi connectivity index (χ2n) is 5.96. The number of nitrogens with zero attached hydrogens (tertiary/aromatic N) is 2. The Balaban J connectivity index is 0.00000529. The lowest BCUT2D eigenvalue weighted by Crippen LogP contribution is -2.43. The summed E-state index contributed by atoms with van der Waals surface area (Å²) in [5.41, 5.74) is -0.254. The van der Waals surface area contributed by atoms with E-state index in [-0.39, 0.29) is 42.0 Å². The van der Waals surface area contributed by atoms with Gasteiger partial charge in [-0.15, -0.1) is 24.0 Å². The van der Waals surface area contributed by atoms with E-state index in [4.69, 9.17) is 4.74 Å². The molecule has 0 bridgehead atoms. The van der Waals surface area contributed by atoms with Crippen molar-refractivity contribution < 1.29 is 9.53 Å². The fourth-order valence-electron chi connectivity index (χ4n) is 1.72. The maximum Gasteiger partial charge on any atom is 0.242 e. The molecule has 0 unspecified atom stereocenters. The lowest BCUT2D eigenvalue weighted by Gasteiger charge is -2.20. The number of nitrogens with one attached hydrogen (secondary N) is 3. The molecule has 136 valence electrons. The number of guanidine groups is 1. The van der Waals surface area contributed by atoms with E-state index < -0.39 is 0 Å². The van der Waals surface area contributed by atoms with Crippen LogP contribution in [0.5, 0.6) is 5.75 Å². The van der Waals surface area contributed by atoms with Gasteiger partial charge in [0.25, 0.3) is 0 Å². The van der Waals surface area contributed by atoms with Gasteiger partial charge in [-0.25, -0.2) is 4.99 Å². The molecule has 0 fully saturated rings. The van der Waals surface area contributed by atoms with Crippen molar-refractivity contribution in [2.45, 2.75) is 33.2 Å². The molecular weight excluding hydrogens is 421 g/mol. The molecule has 0 saturated heterocycles. The van der Waals surface area contributed by atoms with Crippen molar-refractivity contribution in [3.63, 3.8) is 0 Å². The number of halogens is 1. The summed E-state index contributed by atoms with van der Waals surface area (Å²) in [6.45, 7) is 9.63. The van der Waals surface area contributed by atoms with E-state index in [0.717, 1.165) is 12.3 Å². The van der Waals surface area contributed by atoms with Crippen LogP contribution < -0.4 is 20.7 Å². The van der Waals surface area contributed by atoms with Gasteiger partial charge in [-0.1, -0.05) is 0 Å². The summed E-state index contributed by atoms with van der Waals surface area (Å²) in [7, 11) is 0. The number of amides is 1. The van der Waals surface area contributed by atoms with Gasteiger partial charge in [0.05, 0.1) is 12.7 Å². The lowest BCUT2D eigenvalue weighted by atomic mass is 10.1. The molecule has 1 amide bonds. The molecule has 7 nitrogen and oxygen atoms in total. The molecule has 0 aromatic carbocycles. The van der Waals surface area contributed by atoms with Crippen LogP contribution in [-0.2, 0) is 4.79 Å². The molecule has 0 aliphatic carbocycles. The Labute approximate surface area is 161 Å². The molecule has 0 aliphatic heterocycles. The minimum absolute atomic E-state index is 0. The fraction of sp³-hybridized carbons (Fsp3) is 0.562. The first-order valence-corrected chi connectivity index (χ1v) is 7.76. The largest absolute Gasteiger partial charge is 0.490 e. The van der Waals surface area contributed by atoms with E-state index in [1.807, 2.05) is 39.8 Å². The lowest BCUT2D eigenvalue weighted by molar-refractivity contribution is -0.121. The summed E-state index contributed by atoms with van der Waals surface area (Å²) >= 11 is 0. The van der Waals surface area contributed by atoms with Crippen LogP contribution in [0.25, 0.3) is 0 Å². The topological polar surface area (TPSA) is 87.6 Å². The monoisotopic (exact) mass is 449 g/mol. The average Bonchev–Trinajstić information content (AvgIpc) is 2.48. The third-order valence-electron chi connectivity index (χ3n) is 2.54. The molecule has 1 aromatic heterocycles. The number of pyridine rings is 1. The molecule has 0 atom stereocenters. The van der Waals surface area contributed by atoms with Crippen molar-refractivity contribution in [2.75, 3.05) is 26.2 Å². The Hall–Kier alpha value is -1.58. The molecule has 0 aliphatic rings. The minimum Gasteiger partial charge on any atom is -0.490 e. The van der Waals surface area contributed by atoms with Gasteiger partial charge in [0.2, 0.25) is 5.91 Å². The molecule has 3 N–H and O–H groups in total. The fourth-order valence-corrected chi connectivity index (χ4v) is 1.72. The number of ether oxygens (including phenoxy) is 1. The highest BCUT2D eigenvalue weighted by Gasteiger charge is 2.13. The molecule has 0 radical (unpaired) electrons. The smallest absolute Gasteiger partial charge is 0.242 e. The van der Waals surface area contributed by atoms with Crippen LogP contribution in [0.2, 0.25) is 0 Å². The molecule has 8 heteroatoms. The first-order chi connectivity index (χ1) is 10.9. The first-order valence-electron chi connectivity index (χ1n) is 7.76. The molecule has 0 spiro atoms. The van der Waals surface area contributed by atoms with E-state index >= 15 is 0 Å². The van der Waals surface area contributed by atoms with Crippen molar-refractivity contribution in [1.82, 2.24) is 20.9 Å². The van der Waals surface area contributed by atoms with E-state index in [2.05, 4.69) is 25.9 Å². The quantitative estimate of drug-likeness (QED) is 0.255. The number of aliphatic imine (C=N–C) groups is 1. The van der Waals surface area contributed by atoms with E-state index in [1.54, 1.807) is 12.4 Å². The zero-order valence-electron chi connectivity index (χ0n) is 14.8. The Bertz CT molecular complexity index is 503. The molecular formula is C16H28IN5O2. The van der Waals surface area contributed by atoms with Gasteiger partial charge < -0.3 is 20.7 Å². The Morgan fingerprint density at radius 2 is 2.08 bits per heavy atom. The highest BCUT2D eigenvalue weighted by molar-refractivity contribution is 14.0. The number of hydrogen-bond acceptors (Lipinski definition) is 4. The van der Waals surface area contributed by atoms with Crippen molar-refractivity contribution in [1.29, 1.82) is 0 Å². The predicted octanol–water partition coefficient (Wildman–Crippen LogP) is 1.55. The zero-order valence-corrected chi connectivity index (χ0v) is 17.1. The summed E-state index contributed by atoms with van der Waals surface area (Å²) < 4.78 is 5.54. The van der Waals surface area contributed by atoms with Crippen molar-refractivity contribution in [3.05, 3.63) is 24.5 Å². The van der Waals surface area contributed by atoms with E-state index in [1.165, 1.54) is 0 Å². The van der Waals surface area contributed by atoms with Crippen LogP contribution in [0.4, 0.5) is 0 Å². The van der Waals surface area contributed by atoms with Crippen LogP contribution in [0.3, 0.4) is 0 Å². The van der Waals surface area contributed by atoms with Gasteiger partial charge in [-0.05, 0) is 39.8 Å². The molecule has 24 heavy (non-hydrogen) atoms. The SMILES string of the molecule is CCNC(=NCC(=O)NC(C)(C)C)NCCOc1cccnc1.I. The normalized spacial score (nSPS) is 11.2. The molecule has 1 rings (SSSR count). The van der Waals surface area contributed by atoms with Gasteiger partial charge in [0.1, 0.15) is 18.9 Å². The van der Waals surface area contributed by atoms with Crippen molar-refractivity contribution in [3.8, 4) is 5.75 Å². The van der Waals surface area contributed by atoms with Gasteiger partial charge in [0.15, 0.2) is 5.96 Å². The molecule has 1 aromatic rings. The number of aromatic nitrogens is 1. The van der Waals surface area contributed by atoms with Crippen molar-refractivity contribution >= 4 is 35.8 Å². The van der Waals surface area contributed by atoms with Gasteiger partial charge in [0, 0.05) is 18.3 Å². The first kappa shape index (κ1) is 22.4. The number of carbonyl (C=O) groups is 1. The third kappa shape index (κ3) is 11.0. The zero-order chi connectivity index (χ0) is 17.1. The van der Waals surface area contributed by atoms with Gasteiger partial charge in [-0.2, -0.15) is 0 Å². The third-order valence-corrected chi connectivity index (χ3v) is 2.54. The van der Waals surface area contributed by atoms with E-state index in [0.29, 0.717) is 19.1 Å².